The van der Waals surface area contributed by atoms with E-state index in [2.05, 4.69) is 9.36 Å². The van der Waals surface area contributed by atoms with Gasteiger partial charge in [0.05, 0.1) is 0 Å². The Labute approximate surface area is 52.9 Å². The number of aromatic nitrogens is 2. The van der Waals surface area contributed by atoms with Gasteiger partial charge in [0.15, 0.2) is 0 Å². The molecule has 1 heterocycles. The fraction of sp³-hybridized carbons (Fsp3) is 0. The van der Waals surface area contributed by atoms with Crippen molar-refractivity contribution in [1.29, 1.82) is 0 Å². The third-order valence-corrected chi connectivity index (χ3v) is 1.99. The molecule has 1 aromatic rings. The zero-order valence-corrected chi connectivity index (χ0v) is 6.55. The van der Waals surface area contributed by atoms with Gasteiger partial charge in [0, 0.05) is 0 Å². The molecule has 0 fully saturated rings. The van der Waals surface area contributed by atoms with Crippen molar-refractivity contribution >= 4 is 37.9 Å². The molecule has 0 N–H and O–H groups in total. The molecule has 2 nitrogen and oxygen atoms in total. The van der Waals surface area contributed by atoms with Crippen LogP contribution in [0.5, 0.6) is 0 Å². The molecule has 0 saturated carbocycles. The van der Waals surface area contributed by atoms with Crippen LogP contribution in [0.2, 0.25) is 0 Å². The summed E-state index contributed by atoms with van der Waals surface area (Å²) in [5.74, 6) is 0. The van der Waals surface area contributed by atoms with E-state index in [1.165, 1.54) is 34.1 Å². The molecule has 29 valence electrons. The first kappa shape index (κ1) is 4.52. The predicted octanol–water partition coefficient (Wildman–Crippen LogP) is -0.668. The molecule has 0 aliphatic carbocycles. The molecule has 0 aromatic carbocycles. The average Bonchev–Trinajstić information content (AvgIpc) is 1.86. The summed E-state index contributed by atoms with van der Waals surface area (Å²) in [7, 11) is 0. The summed E-state index contributed by atoms with van der Waals surface area (Å²) in [5, 5.41) is 0. The Hall–Kier alpha value is 0.359. The van der Waals surface area contributed by atoms with Crippen molar-refractivity contribution in [2.75, 3.05) is 0 Å². The van der Waals surface area contributed by atoms with E-state index in [1.807, 2.05) is 0 Å². The third kappa shape index (κ3) is 0.908. The molecule has 0 aliphatic rings. The van der Waals surface area contributed by atoms with Crippen molar-refractivity contribution in [2.24, 2.45) is 0 Å². The zero-order valence-electron chi connectivity index (χ0n) is 2.88. The van der Waals surface area contributed by atoms with Gasteiger partial charge in [-0.2, -0.15) is 0 Å². The number of rotatable bonds is 0. The number of hydrogen-bond donors (Lipinski definition) is 0. The van der Waals surface area contributed by atoms with E-state index in [9.17, 15) is 0 Å². The zero-order chi connectivity index (χ0) is 4.41. The van der Waals surface area contributed by atoms with Crippen molar-refractivity contribution in [3.05, 3.63) is 5.51 Å². The van der Waals surface area contributed by atoms with E-state index >= 15 is 0 Å². The topological polar surface area (TPSA) is 25.8 Å². The fourth-order valence-electron chi connectivity index (χ4n) is 0.171. The summed E-state index contributed by atoms with van der Waals surface area (Å²) < 4.78 is 4.84. The first-order valence-corrected chi connectivity index (χ1v) is 3.64. The Morgan fingerprint density at radius 2 is 2.67 bits per heavy atom. The molecule has 0 atom stereocenters. The van der Waals surface area contributed by atoms with Crippen LogP contribution < -0.4 is 3.84 Å². The van der Waals surface area contributed by atoms with E-state index in [0.29, 0.717) is 0 Å². The van der Waals surface area contributed by atoms with E-state index in [4.69, 9.17) is 0 Å². The van der Waals surface area contributed by atoms with Gasteiger partial charge >= 0.3 is 52.8 Å². The van der Waals surface area contributed by atoms with Crippen LogP contribution in [-0.2, 0) is 0 Å². The Balaban J connectivity index is 3.05. The SMILES string of the molecule is [Sn][c]1ncsn1. The molecule has 1 rings (SSSR count). The Bertz CT molecular complexity index is 115. The van der Waals surface area contributed by atoms with Crippen LogP contribution in [0, 0.1) is 0 Å². The van der Waals surface area contributed by atoms with Gasteiger partial charge in [-0.05, 0) is 0 Å². The van der Waals surface area contributed by atoms with Crippen LogP contribution in [0.4, 0.5) is 0 Å². The molecule has 0 saturated heterocycles. The summed E-state index contributed by atoms with van der Waals surface area (Å²) in [6.07, 6.45) is 0. The van der Waals surface area contributed by atoms with Crippen LogP contribution >= 0.6 is 11.5 Å². The van der Waals surface area contributed by atoms with Crippen molar-refractivity contribution in [1.82, 2.24) is 9.36 Å². The second-order valence-electron chi connectivity index (χ2n) is 0.755. The predicted molar refractivity (Wildman–Crippen MR) is 25.3 cm³/mol. The van der Waals surface area contributed by atoms with Gasteiger partial charge in [-0.25, -0.2) is 0 Å². The van der Waals surface area contributed by atoms with Crippen LogP contribution in [0.3, 0.4) is 0 Å². The quantitative estimate of drug-likeness (QED) is 0.523. The van der Waals surface area contributed by atoms with Gasteiger partial charge in [-0.15, -0.1) is 0 Å². The molecule has 6 heavy (non-hydrogen) atoms. The van der Waals surface area contributed by atoms with Gasteiger partial charge in [0.1, 0.15) is 0 Å². The molecular formula is C2HN2SSn. The number of hydrogen-bond acceptors (Lipinski definition) is 3. The minimum atomic E-state index is 0.951. The molecule has 1 aromatic heterocycles. The van der Waals surface area contributed by atoms with E-state index < -0.39 is 0 Å². The van der Waals surface area contributed by atoms with E-state index in [1.54, 1.807) is 5.51 Å². The number of nitrogens with zero attached hydrogens (tertiary/aromatic N) is 2. The third-order valence-electron chi connectivity index (χ3n) is 0.361. The molecule has 0 aliphatic heterocycles. The van der Waals surface area contributed by atoms with Crippen molar-refractivity contribution < 1.29 is 0 Å². The summed E-state index contributed by atoms with van der Waals surface area (Å²) in [6, 6.07) is 0. The maximum atomic E-state index is 3.89. The van der Waals surface area contributed by atoms with E-state index in [0.717, 1.165) is 3.84 Å². The second kappa shape index (κ2) is 1.88. The molecule has 0 spiro atoms. The summed E-state index contributed by atoms with van der Waals surface area (Å²) >= 11 is 2.70. The normalized spacial score (nSPS) is 8.83. The van der Waals surface area contributed by atoms with Gasteiger partial charge < -0.3 is 0 Å². The fourth-order valence-corrected chi connectivity index (χ4v) is 1.41. The van der Waals surface area contributed by atoms with Crippen LogP contribution in [0.25, 0.3) is 0 Å². The maximum absolute atomic E-state index is 3.89. The van der Waals surface area contributed by atoms with Gasteiger partial charge in [-0.1, -0.05) is 0 Å². The monoisotopic (exact) mass is 205 g/mol. The molecule has 4 heteroatoms. The molecular weight excluding hydrogens is 203 g/mol. The van der Waals surface area contributed by atoms with Gasteiger partial charge in [-0.3, -0.25) is 0 Å². The van der Waals surface area contributed by atoms with Gasteiger partial charge in [0.2, 0.25) is 0 Å². The van der Waals surface area contributed by atoms with Crippen LogP contribution in [0.1, 0.15) is 0 Å². The molecule has 0 bridgehead atoms. The summed E-state index contributed by atoms with van der Waals surface area (Å²) in [4.78, 5) is 3.86. The Morgan fingerprint density at radius 3 is 2.83 bits per heavy atom. The Kier molecular flexibility index (Phi) is 1.42. The Morgan fingerprint density at radius 1 is 1.83 bits per heavy atom. The first-order chi connectivity index (χ1) is 2.89. The van der Waals surface area contributed by atoms with E-state index in [-0.39, 0.29) is 0 Å². The first-order valence-electron chi connectivity index (χ1n) is 1.37. The summed E-state index contributed by atoms with van der Waals surface area (Å²) in [6.45, 7) is 0. The molecule has 0 amide bonds. The van der Waals surface area contributed by atoms with Crippen molar-refractivity contribution in [2.45, 2.75) is 0 Å². The van der Waals surface area contributed by atoms with Gasteiger partial charge in [0.25, 0.3) is 0 Å². The minimum absolute atomic E-state index is 0.951. The van der Waals surface area contributed by atoms with Crippen LogP contribution in [0.15, 0.2) is 5.51 Å². The van der Waals surface area contributed by atoms with Crippen molar-refractivity contribution in [3.8, 4) is 0 Å². The average molecular weight is 204 g/mol. The second-order valence-corrected chi connectivity index (χ2v) is 2.64. The standard InChI is InChI=1S/C2HN2S.Sn/c1-3-2-5-4-1;/h2H;. The van der Waals surface area contributed by atoms with Crippen molar-refractivity contribution in [3.63, 3.8) is 0 Å². The molecule has 0 unspecified atom stereocenters. The molecule has 3 radical (unpaired) electrons. The summed E-state index contributed by atoms with van der Waals surface area (Å²) in [5.41, 5.74) is 1.74. The van der Waals surface area contributed by atoms with Crippen LogP contribution in [-0.4, -0.2) is 31.9 Å².